The second-order valence-corrected chi connectivity index (χ2v) is 7.23. The lowest BCUT2D eigenvalue weighted by Gasteiger charge is -2.14. The fraction of sp³-hybridized carbons (Fsp3) is 0.250. The summed E-state index contributed by atoms with van der Waals surface area (Å²) in [6.45, 7) is 5.26. The molecule has 1 aliphatic rings. The standard InChI is InChI=1S/C16H16N2O6S/c1-10(2)14-9-15(11(3)7-16(14)19)17-24-25(22,23)13-6-4-5-12(8-13)18(20)21/h4-10H,1-3H3/b17-15-. The summed E-state index contributed by atoms with van der Waals surface area (Å²) in [5, 5.41) is 14.4. The number of hydrogen-bond donors (Lipinski definition) is 0. The molecule has 1 aromatic rings. The van der Waals surface area contributed by atoms with Crippen LogP contribution in [0, 0.1) is 16.0 Å². The number of oxime groups is 1. The van der Waals surface area contributed by atoms with Gasteiger partial charge in [0.15, 0.2) is 5.78 Å². The summed E-state index contributed by atoms with van der Waals surface area (Å²) in [5.41, 5.74) is 0.778. The van der Waals surface area contributed by atoms with Gasteiger partial charge in [-0.25, -0.2) is 0 Å². The van der Waals surface area contributed by atoms with Gasteiger partial charge in [-0.1, -0.05) is 25.1 Å². The van der Waals surface area contributed by atoms with E-state index >= 15 is 0 Å². The average Bonchev–Trinajstić information content (AvgIpc) is 2.53. The lowest BCUT2D eigenvalue weighted by molar-refractivity contribution is -0.385. The lowest BCUT2D eigenvalue weighted by Crippen LogP contribution is -2.16. The molecule has 9 heteroatoms. The molecule has 0 aromatic heterocycles. The van der Waals surface area contributed by atoms with E-state index in [1.807, 2.05) is 13.8 Å². The molecule has 0 N–H and O–H groups in total. The Kier molecular flexibility index (Phi) is 5.17. The van der Waals surface area contributed by atoms with Gasteiger partial charge >= 0.3 is 10.1 Å². The van der Waals surface area contributed by atoms with Crippen LogP contribution < -0.4 is 0 Å². The number of ketones is 1. The Balaban J connectivity index is 2.33. The molecule has 1 aliphatic carbocycles. The van der Waals surface area contributed by atoms with Gasteiger partial charge in [0.2, 0.25) is 0 Å². The van der Waals surface area contributed by atoms with Crippen LogP contribution in [0.5, 0.6) is 0 Å². The van der Waals surface area contributed by atoms with Gasteiger partial charge in [0.1, 0.15) is 10.6 Å². The Hall–Kier alpha value is -2.81. The van der Waals surface area contributed by atoms with E-state index in [2.05, 4.69) is 9.44 Å². The molecule has 0 fully saturated rings. The first kappa shape index (κ1) is 18.5. The van der Waals surface area contributed by atoms with Crippen molar-refractivity contribution in [3.63, 3.8) is 0 Å². The van der Waals surface area contributed by atoms with Crippen molar-refractivity contribution in [1.29, 1.82) is 0 Å². The zero-order valence-electron chi connectivity index (χ0n) is 13.8. The lowest BCUT2D eigenvalue weighted by atomic mass is 9.90. The first-order valence-corrected chi connectivity index (χ1v) is 8.73. The number of non-ortho nitro benzene ring substituents is 1. The fourth-order valence-corrected chi connectivity index (χ4v) is 2.90. The van der Waals surface area contributed by atoms with E-state index in [4.69, 9.17) is 0 Å². The minimum absolute atomic E-state index is 0.0598. The molecule has 8 nitrogen and oxygen atoms in total. The van der Waals surface area contributed by atoms with Crippen molar-refractivity contribution in [3.05, 3.63) is 57.7 Å². The van der Waals surface area contributed by atoms with Crippen LogP contribution in [-0.4, -0.2) is 24.8 Å². The number of carbonyl (C=O) groups excluding carboxylic acids is 1. The molecular formula is C16H16N2O6S. The summed E-state index contributed by atoms with van der Waals surface area (Å²) < 4.78 is 29.0. The number of rotatable bonds is 5. The number of nitrogens with zero attached hydrogens (tertiary/aromatic N) is 2. The maximum atomic E-state index is 12.2. The third-order valence-electron chi connectivity index (χ3n) is 3.50. The molecule has 0 aliphatic heterocycles. The first-order valence-electron chi connectivity index (χ1n) is 7.32. The van der Waals surface area contributed by atoms with Gasteiger partial charge in [-0.2, -0.15) is 8.42 Å². The predicted molar refractivity (Wildman–Crippen MR) is 90.5 cm³/mol. The number of nitro benzene ring substituents is 1. The molecule has 0 bridgehead atoms. The van der Waals surface area contributed by atoms with Crippen molar-refractivity contribution in [2.75, 3.05) is 0 Å². The van der Waals surface area contributed by atoms with Crippen LogP contribution in [0.15, 0.2) is 57.6 Å². The van der Waals surface area contributed by atoms with Gasteiger partial charge in [0.25, 0.3) is 5.69 Å². The molecule has 1 aromatic carbocycles. The molecule has 0 saturated heterocycles. The maximum absolute atomic E-state index is 12.2. The maximum Gasteiger partial charge on any atom is 0.358 e. The van der Waals surface area contributed by atoms with Crippen molar-refractivity contribution in [2.24, 2.45) is 11.1 Å². The zero-order valence-corrected chi connectivity index (χ0v) is 14.6. The topological polar surface area (TPSA) is 116 Å². The number of benzene rings is 1. The molecule has 0 atom stereocenters. The van der Waals surface area contributed by atoms with Crippen LogP contribution in [0.25, 0.3) is 0 Å². The average molecular weight is 364 g/mol. The number of allylic oxidation sites excluding steroid dienone is 4. The van der Waals surface area contributed by atoms with Crippen molar-refractivity contribution in [1.82, 2.24) is 0 Å². The highest BCUT2D eigenvalue weighted by Crippen LogP contribution is 2.22. The van der Waals surface area contributed by atoms with E-state index in [1.54, 1.807) is 6.92 Å². The summed E-state index contributed by atoms with van der Waals surface area (Å²) in [6, 6.07) is 4.47. The Morgan fingerprint density at radius 1 is 1.24 bits per heavy atom. The molecule has 0 heterocycles. The van der Waals surface area contributed by atoms with E-state index in [0.717, 1.165) is 6.07 Å². The van der Waals surface area contributed by atoms with E-state index in [1.165, 1.54) is 30.4 Å². The van der Waals surface area contributed by atoms with E-state index in [9.17, 15) is 23.3 Å². The molecule has 25 heavy (non-hydrogen) atoms. The normalized spacial score (nSPS) is 16.6. The third-order valence-corrected chi connectivity index (χ3v) is 4.60. The van der Waals surface area contributed by atoms with Gasteiger partial charge in [-0.15, -0.1) is 0 Å². The highest BCUT2D eigenvalue weighted by molar-refractivity contribution is 7.86. The minimum atomic E-state index is -4.32. The molecule has 0 unspecified atom stereocenters. The highest BCUT2D eigenvalue weighted by Gasteiger charge is 2.22. The van der Waals surface area contributed by atoms with Crippen LogP contribution in [0.4, 0.5) is 5.69 Å². The first-order chi connectivity index (χ1) is 11.6. The van der Waals surface area contributed by atoms with Crippen molar-refractivity contribution in [3.8, 4) is 0 Å². The van der Waals surface area contributed by atoms with E-state index in [0.29, 0.717) is 11.1 Å². The molecule has 0 radical (unpaired) electrons. The monoisotopic (exact) mass is 364 g/mol. The van der Waals surface area contributed by atoms with Crippen LogP contribution in [0.1, 0.15) is 20.8 Å². The number of nitro groups is 1. The van der Waals surface area contributed by atoms with Gasteiger partial charge < -0.3 is 0 Å². The Bertz CT molecular complexity index is 926. The van der Waals surface area contributed by atoms with Crippen LogP contribution >= 0.6 is 0 Å². The number of hydrogen-bond acceptors (Lipinski definition) is 7. The smallest absolute Gasteiger partial charge is 0.290 e. The second kappa shape index (κ2) is 6.98. The van der Waals surface area contributed by atoms with Crippen LogP contribution in [-0.2, 0) is 19.2 Å². The summed E-state index contributed by atoms with van der Waals surface area (Å²) in [7, 11) is -4.32. The molecule has 0 amide bonds. The Morgan fingerprint density at radius 2 is 1.92 bits per heavy atom. The largest absolute Gasteiger partial charge is 0.358 e. The molecule has 2 rings (SSSR count). The fourth-order valence-electron chi connectivity index (χ4n) is 2.12. The van der Waals surface area contributed by atoms with Gasteiger partial charge in [0, 0.05) is 17.7 Å². The van der Waals surface area contributed by atoms with Crippen molar-refractivity contribution in [2.45, 2.75) is 25.7 Å². The van der Waals surface area contributed by atoms with Gasteiger partial charge in [-0.3, -0.25) is 19.2 Å². The zero-order chi connectivity index (χ0) is 18.8. The quantitative estimate of drug-likeness (QED) is 0.450. The minimum Gasteiger partial charge on any atom is -0.290 e. The summed E-state index contributed by atoms with van der Waals surface area (Å²) >= 11 is 0. The predicted octanol–water partition coefficient (Wildman–Crippen LogP) is 2.77. The van der Waals surface area contributed by atoms with Crippen LogP contribution in [0.3, 0.4) is 0 Å². The van der Waals surface area contributed by atoms with Crippen molar-refractivity contribution < 1.29 is 22.4 Å². The summed E-state index contributed by atoms with van der Waals surface area (Å²) in [6.07, 6.45) is 2.84. The van der Waals surface area contributed by atoms with Gasteiger partial charge in [0.05, 0.1) is 4.92 Å². The molecular weight excluding hydrogens is 348 g/mol. The highest BCUT2D eigenvalue weighted by atomic mass is 32.2. The molecule has 132 valence electrons. The number of carbonyl (C=O) groups is 1. The second-order valence-electron chi connectivity index (χ2n) is 5.71. The summed E-state index contributed by atoms with van der Waals surface area (Å²) in [5.74, 6) is -0.219. The van der Waals surface area contributed by atoms with Gasteiger partial charge in [-0.05, 0) is 36.6 Å². The third kappa shape index (κ3) is 4.18. The summed E-state index contributed by atoms with van der Waals surface area (Å²) in [4.78, 5) is 21.6. The van der Waals surface area contributed by atoms with Crippen molar-refractivity contribution >= 4 is 27.3 Å². The SMILES string of the molecule is CC1=CC(=O)C(C(C)C)=C/C1=N/OS(=O)(=O)c1cccc([N+](=O)[O-])c1. The van der Waals surface area contributed by atoms with E-state index < -0.39 is 15.0 Å². The van der Waals surface area contributed by atoms with E-state index in [-0.39, 0.29) is 28.0 Å². The molecule has 0 spiro atoms. The Morgan fingerprint density at radius 3 is 2.52 bits per heavy atom. The Labute approximate surface area is 144 Å². The molecule has 0 saturated carbocycles. The van der Waals surface area contributed by atoms with Crippen LogP contribution in [0.2, 0.25) is 0 Å².